The molecule has 2 amide bonds. The van der Waals surface area contributed by atoms with Crippen molar-refractivity contribution in [2.24, 2.45) is 11.7 Å². The number of carbonyl (C=O) groups excluding carboxylic acids is 3. The molecule has 0 unspecified atom stereocenters. The molecule has 1 aliphatic carbocycles. The van der Waals surface area contributed by atoms with Crippen LogP contribution in [0.15, 0.2) is 48.7 Å². The van der Waals surface area contributed by atoms with Crippen molar-refractivity contribution in [3.05, 3.63) is 59.9 Å². The van der Waals surface area contributed by atoms with Crippen LogP contribution in [0.3, 0.4) is 0 Å². The first-order valence-corrected chi connectivity index (χ1v) is 11.0. The van der Waals surface area contributed by atoms with Gasteiger partial charge in [-0.2, -0.15) is 5.10 Å². The fraction of sp³-hybridized carbons (Fsp3) is 0.375. The summed E-state index contributed by atoms with van der Waals surface area (Å²) < 4.78 is 15.6. The van der Waals surface area contributed by atoms with Gasteiger partial charge in [0.1, 0.15) is 12.7 Å². The zero-order valence-electron chi connectivity index (χ0n) is 17.9. The molecule has 170 valence electrons. The summed E-state index contributed by atoms with van der Waals surface area (Å²) in [5.74, 6) is -0.693. The molecule has 9 heteroatoms. The highest BCUT2D eigenvalue weighted by atomic mass is 19.1. The SMILES string of the molecule is NC(=O)c1nn(CC(=O)N2C[C@H](F)C[C@H]2C(=O)C[C@@H]2C[C@H]2c2ccccc2)c2ncccc12. The minimum Gasteiger partial charge on any atom is -0.364 e. The molecular weight excluding hydrogens is 425 g/mol. The van der Waals surface area contributed by atoms with Gasteiger partial charge in [0.25, 0.3) is 5.91 Å². The lowest BCUT2D eigenvalue weighted by atomic mass is 10.0. The van der Waals surface area contributed by atoms with Gasteiger partial charge in [0.15, 0.2) is 17.1 Å². The van der Waals surface area contributed by atoms with Gasteiger partial charge < -0.3 is 10.6 Å². The van der Waals surface area contributed by atoms with Crippen molar-refractivity contribution in [3.8, 4) is 0 Å². The molecule has 3 aromatic rings. The van der Waals surface area contributed by atoms with Gasteiger partial charge in [0, 0.05) is 19.0 Å². The summed E-state index contributed by atoms with van der Waals surface area (Å²) in [5.41, 5.74) is 6.96. The zero-order chi connectivity index (χ0) is 23.1. The van der Waals surface area contributed by atoms with E-state index in [4.69, 9.17) is 5.73 Å². The van der Waals surface area contributed by atoms with E-state index in [0.29, 0.717) is 23.4 Å². The van der Waals surface area contributed by atoms with Crippen molar-refractivity contribution in [1.29, 1.82) is 0 Å². The number of alkyl halides is 1. The van der Waals surface area contributed by atoms with Gasteiger partial charge in [0.05, 0.1) is 18.0 Å². The van der Waals surface area contributed by atoms with Gasteiger partial charge in [-0.15, -0.1) is 0 Å². The van der Waals surface area contributed by atoms with Crippen molar-refractivity contribution < 1.29 is 18.8 Å². The van der Waals surface area contributed by atoms with Crippen LogP contribution in [0.4, 0.5) is 4.39 Å². The molecule has 8 nitrogen and oxygen atoms in total. The van der Waals surface area contributed by atoms with Gasteiger partial charge >= 0.3 is 0 Å². The maximum Gasteiger partial charge on any atom is 0.269 e. The quantitative estimate of drug-likeness (QED) is 0.595. The number of benzene rings is 1. The van der Waals surface area contributed by atoms with E-state index in [1.54, 1.807) is 12.1 Å². The summed E-state index contributed by atoms with van der Waals surface area (Å²) in [6.45, 7) is -0.384. The molecule has 1 saturated carbocycles. The number of halogens is 1. The Morgan fingerprint density at radius 2 is 1.88 bits per heavy atom. The molecule has 4 atom stereocenters. The van der Waals surface area contributed by atoms with Crippen molar-refractivity contribution in [2.45, 2.75) is 43.9 Å². The van der Waals surface area contributed by atoms with E-state index in [2.05, 4.69) is 22.2 Å². The van der Waals surface area contributed by atoms with Crippen molar-refractivity contribution >= 4 is 28.6 Å². The maximum absolute atomic E-state index is 14.3. The molecule has 0 radical (unpaired) electrons. The molecule has 2 N–H and O–H groups in total. The number of nitrogens with zero attached hydrogens (tertiary/aromatic N) is 4. The number of hydrogen-bond acceptors (Lipinski definition) is 5. The second-order valence-corrected chi connectivity index (χ2v) is 8.82. The summed E-state index contributed by atoms with van der Waals surface area (Å²) in [6, 6.07) is 12.5. The Kier molecular flexibility index (Phi) is 5.39. The number of hydrogen-bond donors (Lipinski definition) is 1. The van der Waals surface area contributed by atoms with Crippen molar-refractivity contribution in [1.82, 2.24) is 19.7 Å². The lowest BCUT2D eigenvalue weighted by Gasteiger charge is -2.23. The second kappa shape index (κ2) is 8.38. The van der Waals surface area contributed by atoms with Gasteiger partial charge in [-0.25, -0.2) is 14.1 Å². The molecular formula is C24H24FN5O3. The molecule has 3 heterocycles. The number of aromatic nitrogens is 3. The molecule has 2 aliphatic rings. The Labute approximate surface area is 189 Å². The fourth-order valence-electron chi connectivity index (χ4n) is 4.86. The van der Waals surface area contributed by atoms with Gasteiger partial charge in [-0.3, -0.25) is 14.4 Å². The van der Waals surface area contributed by atoms with E-state index < -0.39 is 24.0 Å². The summed E-state index contributed by atoms with van der Waals surface area (Å²) in [7, 11) is 0. The van der Waals surface area contributed by atoms with E-state index in [0.717, 1.165) is 6.42 Å². The number of amides is 2. The smallest absolute Gasteiger partial charge is 0.269 e. The first kappa shape index (κ1) is 21.2. The monoisotopic (exact) mass is 449 g/mol. The standard InChI is InChI=1S/C24H24FN5O3/c25-16-11-19(20(31)10-15-9-18(15)14-5-2-1-3-6-14)29(12-16)21(32)13-30-24-17(7-4-8-27-24)22(28-30)23(26)33/h1-8,15-16,18-19H,9-13H2,(H2,26,33)/t15-,16+,18-,19-/m0/s1. The van der Waals surface area contributed by atoms with Gasteiger partial charge in [0.2, 0.25) is 5.91 Å². The van der Waals surface area contributed by atoms with E-state index in [1.165, 1.54) is 21.3 Å². The Hall–Kier alpha value is -3.62. The highest BCUT2D eigenvalue weighted by Crippen LogP contribution is 2.50. The van der Waals surface area contributed by atoms with Gasteiger partial charge in [-0.05, 0) is 36.0 Å². The number of ketones is 1. The van der Waals surface area contributed by atoms with Crippen LogP contribution in [0.1, 0.15) is 41.2 Å². The highest BCUT2D eigenvalue weighted by Gasteiger charge is 2.44. The Balaban J connectivity index is 1.29. The van der Waals surface area contributed by atoms with Crippen LogP contribution in [-0.2, 0) is 16.1 Å². The summed E-state index contributed by atoms with van der Waals surface area (Å²) in [5, 5.41) is 4.59. The van der Waals surface area contributed by atoms with Crippen LogP contribution in [0.25, 0.3) is 11.0 Å². The Morgan fingerprint density at radius 3 is 2.64 bits per heavy atom. The molecule has 1 saturated heterocycles. The zero-order valence-corrected chi connectivity index (χ0v) is 17.9. The summed E-state index contributed by atoms with van der Waals surface area (Å²) in [4.78, 5) is 43.4. The average Bonchev–Trinajstić information content (AvgIpc) is 3.30. The number of primary amides is 1. The topological polar surface area (TPSA) is 111 Å². The summed E-state index contributed by atoms with van der Waals surface area (Å²) in [6.07, 6.45) is 1.54. The second-order valence-electron chi connectivity index (χ2n) is 8.82. The third kappa shape index (κ3) is 4.10. The van der Waals surface area contributed by atoms with E-state index in [9.17, 15) is 18.8 Å². The predicted molar refractivity (Wildman–Crippen MR) is 118 cm³/mol. The maximum atomic E-state index is 14.3. The van der Waals surface area contributed by atoms with E-state index in [1.807, 2.05) is 18.2 Å². The van der Waals surface area contributed by atoms with Crippen LogP contribution >= 0.6 is 0 Å². The molecule has 2 fully saturated rings. The minimum absolute atomic E-state index is 0.0118. The van der Waals surface area contributed by atoms with E-state index in [-0.39, 0.29) is 36.9 Å². The molecule has 0 spiro atoms. The Bertz CT molecular complexity index is 1230. The normalized spacial score (nSPS) is 24.2. The van der Waals surface area contributed by atoms with Crippen LogP contribution in [0.5, 0.6) is 0 Å². The molecule has 0 bridgehead atoms. The number of pyridine rings is 1. The van der Waals surface area contributed by atoms with Crippen LogP contribution < -0.4 is 5.73 Å². The molecule has 5 rings (SSSR count). The number of Topliss-reactive ketones (excluding diaryl/α,β-unsaturated/α-hetero) is 1. The third-order valence-electron chi connectivity index (χ3n) is 6.58. The highest BCUT2D eigenvalue weighted by molar-refractivity contribution is 6.03. The number of fused-ring (bicyclic) bond motifs is 1. The van der Waals surface area contributed by atoms with Crippen LogP contribution in [0.2, 0.25) is 0 Å². The first-order chi connectivity index (χ1) is 15.9. The third-order valence-corrected chi connectivity index (χ3v) is 6.58. The lowest BCUT2D eigenvalue weighted by molar-refractivity contribution is -0.138. The molecule has 1 aliphatic heterocycles. The van der Waals surface area contributed by atoms with Gasteiger partial charge in [-0.1, -0.05) is 30.3 Å². The Morgan fingerprint density at radius 1 is 1.09 bits per heavy atom. The number of nitrogens with two attached hydrogens (primary N) is 1. The summed E-state index contributed by atoms with van der Waals surface area (Å²) >= 11 is 0. The lowest BCUT2D eigenvalue weighted by Crippen LogP contribution is -2.42. The van der Waals surface area contributed by atoms with Crippen LogP contribution in [-0.4, -0.2) is 56.0 Å². The number of carbonyl (C=O) groups is 3. The van der Waals surface area contributed by atoms with E-state index >= 15 is 0 Å². The average molecular weight is 449 g/mol. The first-order valence-electron chi connectivity index (χ1n) is 11.0. The minimum atomic E-state index is -1.25. The molecule has 1 aromatic carbocycles. The van der Waals surface area contributed by atoms with Crippen molar-refractivity contribution in [3.63, 3.8) is 0 Å². The number of rotatable bonds is 7. The van der Waals surface area contributed by atoms with Crippen molar-refractivity contribution in [2.75, 3.05) is 6.54 Å². The number of likely N-dealkylation sites (tertiary alicyclic amines) is 1. The fourth-order valence-corrected chi connectivity index (χ4v) is 4.86. The van der Waals surface area contributed by atoms with Crippen LogP contribution in [0, 0.1) is 5.92 Å². The molecule has 2 aromatic heterocycles. The molecule has 33 heavy (non-hydrogen) atoms. The largest absolute Gasteiger partial charge is 0.364 e. The predicted octanol–water partition coefficient (Wildman–Crippen LogP) is 2.23.